The van der Waals surface area contributed by atoms with E-state index in [1.54, 1.807) is 19.1 Å². The van der Waals surface area contributed by atoms with Crippen molar-refractivity contribution in [1.82, 2.24) is 19.8 Å². The predicted molar refractivity (Wildman–Crippen MR) is 123 cm³/mol. The second-order valence-electron chi connectivity index (χ2n) is 7.72. The maximum Gasteiger partial charge on any atom is 0.229 e. The first kappa shape index (κ1) is 20.1. The first-order valence-corrected chi connectivity index (χ1v) is 11.7. The van der Waals surface area contributed by atoms with Gasteiger partial charge in [0.15, 0.2) is 5.65 Å². The Bertz CT molecular complexity index is 1560. The van der Waals surface area contributed by atoms with E-state index >= 15 is 0 Å². The molecule has 5 rings (SSSR count). The fourth-order valence-corrected chi connectivity index (χ4v) is 5.29. The summed E-state index contributed by atoms with van der Waals surface area (Å²) in [6.45, 7) is 4.18. The second kappa shape index (κ2) is 7.72. The van der Waals surface area contributed by atoms with Crippen LogP contribution >= 0.6 is 0 Å². The van der Waals surface area contributed by atoms with Crippen molar-refractivity contribution in [2.24, 2.45) is 0 Å². The molecule has 0 saturated carbocycles. The van der Waals surface area contributed by atoms with Crippen molar-refractivity contribution in [3.05, 3.63) is 89.5 Å². The molecule has 5 aromatic rings. The summed E-state index contributed by atoms with van der Waals surface area (Å²) in [6.07, 6.45) is 0. The zero-order chi connectivity index (χ0) is 22.3. The van der Waals surface area contributed by atoms with Crippen LogP contribution in [0.5, 0.6) is 0 Å². The smallest absolute Gasteiger partial charge is 0.229 e. The van der Waals surface area contributed by atoms with Gasteiger partial charge in [-0.2, -0.15) is 4.52 Å². The molecule has 2 heterocycles. The Morgan fingerprint density at radius 3 is 2.50 bits per heavy atom. The maximum absolute atomic E-state index is 13.5. The van der Waals surface area contributed by atoms with Crippen molar-refractivity contribution in [1.29, 1.82) is 0 Å². The molecule has 8 heteroatoms. The Morgan fingerprint density at radius 2 is 1.69 bits per heavy atom. The SMILES string of the molecule is Cc1ccc(C)c(S(=O)(=O)c2nnn3c2nc(NCc2ccccc2)c2ccccc23)c1. The van der Waals surface area contributed by atoms with Crippen molar-refractivity contribution in [3.8, 4) is 0 Å². The molecule has 0 atom stereocenters. The van der Waals surface area contributed by atoms with Gasteiger partial charge in [-0.15, -0.1) is 5.10 Å². The molecule has 0 amide bonds. The maximum atomic E-state index is 13.5. The molecule has 0 aliphatic heterocycles. The monoisotopic (exact) mass is 443 g/mol. The van der Waals surface area contributed by atoms with E-state index in [2.05, 4.69) is 20.6 Å². The summed E-state index contributed by atoms with van der Waals surface area (Å²) in [5.41, 5.74) is 3.52. The Morgan fingerprint density at radius 1 is 0.938 bits per heavy atom. The molecule has 0 unspecified atom stereocenters. The zero-order valence-corrected chi connectivity index (χ0v) is 18.5. The van der Waals surface area contributed by atoms with Crippen molar-refractivity contribution in [2.45, 2.75) is 30.3 Å². The number of benzene rings is 3. The lowest BCUT2D eigenvalue weighted by molar-refractivity contribution is 0.592. The van der Waals surface area contributed by atoms with Crippen LogP contribution in [0.15, 0.2) is 82.7 Å². The normalized spacial score (nSPS) is 11.8. The van der Waals surface area contributed by atoms with Crippen molar-refractivity contribution >= 4 is 32.2 Å². The van der Waals surface area contributed by atoms with Gasteiger partial charge in [-0.25, -0.2) is 13.4 Å². The number of aryl methyl sites for hydroxylation is 2. The number of para-hydroxylation sites is 1. The van der Waals surface area contributed by atoms with Gasteiger partial charge in [-0.05, 0) is 48.7 Å². The van der Waals surface area contributed by atoms with Gasteiger partial charge in [0.1, 0.15) is 5.82 Å². The number of fused-ring (bicyclic) bond motifs is 3. The van der Waals surface area contributed by atoms with Crippen molar-refractivity contribution in [3.63, 3.8) is 0 Å². The lowest BCUT2D eigenvalue weighted by atomic mass is 10.2. The van der Waals surface area contributed by atoms with E-state index in [9.17, 15) is 8.42 Å². The molecule has 0 bridgehead atoms. The van der Waals surface area contributed by atoms with E-state index in [1.165, 1.54) is 4.52 Å². The molecule has 0 aliphatic rings. The van der Waals surface area contributed by atoms with E-state index in [1.807, 2.05) is 67.6 Å². The summed E-state index contributed by atoms with van der Waals surface area (Å²) in [7, 11) is -3.91. The number of nitrogens with zero attached hydrogens (tertiary/aromatic N) is 4. The average Bonchev–Trinajstić information content (AvgIpc) is 3.25. The quantitative estimate of drug-likeness (QED) is 0.435. The van der Waals surface area contributed by atoms with Crippen LogP contribution in [0.3, 0.4) is 0 Å². The molecule has 0 fully saturated rings. The summed E-state index contributed by atoms with van der Waals surface area (Å²) < 4.78 is 28.6. The minimum atomic E-state index is -3.91. The van der Waals surface area contributed by atoms with Gasteiger partial charge >= 0.3 is 0 Å². The summed E-state index contributed by atoms with van der Waals surface area (Å²) in [5.74, 6) is 0.580. The molecule has 3 aromatic carbocycles. The van der Waals surface area contributed by atoms with E-state index < -0.39 is 9.84 Å². The Labute approximate surface area is 185 Å². The minimum absolute atomic E-state index is 0.153. The molecule has 160 valence electrons. The van der Waals surface area contributed by atoms with Crippen LogP contribution in [-0.2, 0) is 16.4 Å². The number of nitrogens with one attached hydrogen (secondary N) is 1. The third kappa shape index (κ3) is 3.38. The van der Waals surface area contributed by atoms with Crippen LogP contribution in [0.4, 0.5) is 5.82 Å². The molecule has 2 aromatic heterocycles. The van der Waals surface area contributed by atoms with E-state index in [0.29, 0.717) is 17.9 Å². The van der Waals surface area contributed by atoms with Crippen molar-refractivity contribution < 1.29 is 8.42 Å². The third-order valence-electron chi connectivity index (χ3n) is 5.41. The predicted octanol–water partition coefficient (Wildman–Crippen LogP) is 4.34. The summed E-state index contributed by atoms with van der Waals surface area (Å²) in [4.78, 5) is 4.89. The Balaban J connectivity index is 1.69. The molecule has 32 heavy (non-hydrogen) atoms. The van der Waals surface area contributed by atoms with E-state index in [4.69, 9.17) is 0 Å². The van der Waals surface area contributed by atoms with Gasteiger partial charge < -0.3 is 5.32 Å². The molecule has 0 spiro atoms. The van der Waals surface area contributed by atoms with Gasteiger partial charge in [0.05, 0.1) is 10.4 Å². The fourth-order valence-electron chi connectivity index (χ4n) is 3.74. The first-order chi connectivity index (χ1) is 15.4. The topological polar surface area (TPSA) is 89.2 Å². The molecular weight excluding hydrogens is 422 g/mol. The van der Waals surface area contributed by atoms with Crippen LogP contribution in [0.25, 0.3) is 16.6 Å². The lowest BCUT2D eigenvalue weighted by Crippen LogP contribution is -2.08. The summed E-state index contributed by atoms with van der Waals surface area (Å²) in [5, 5.41) is 12.2. The highest BCUT2D eigenvalue weighted by atomic mass is 32.2. The Kier molecular flexibility index (Phi) is 4.86. The molecule has 7 nitrogen and oxygen atoms in total. The molecule has 0 radical (unpaired) electrons. The van der Waals surface area contributed by atoms with Crippen molar-refractivity contribution in [2.75, 3.05) is 5.32 Å². The Hall–Kier alpha value is -3.78. The van der Waals surface area contributed by atoms with Gasteiger partial charge in [0, 0.05) is 11.9 Å². The van der Waals surface area contributed by atoms with E-state index in [-0.39, 0.29) is 15.6 Å². The third-order valence-corrected chi connectivity index (χ3v) is 7.20. The van der Waals surface area contributed by atoms with E-state index in [0.717, 1.165) is 22.0 Å². The number of rotatable bonds is 5. The number of anilines is 1. The second-order valence-corrected chi connectivity index (χ2v) is 9.55. The van der Waals surface area contributed by atoms with Crippen LogP contribution in [-0.4, -0.2) is 28.2 Å². The summed E-state index contributed by atoms with van der Waals surface area (Å²) >= 11 is 0. The minimum Gasteiger partial charge on any atom is -0.365 e. The molecule has 1 N–H and O–H groups in total. The van der Waals surface area contributed by atoms with Gasteiger partial charge in [0.25, 0.3) is 0 Å². The van der Waals surface area contributed by atoms with Gasteiger partial charge in [-0.1, -0.05) is 59.8 Å². The highest BCUT2D eigenvalue weighted by Crippen LogP contribution is 2.29. The highest BCUT2D eigenvalue weighted by Gasteiger charge is 2.28. The van der Waals surface area contributed by atoms with Crippen LogP contribution < -0.4 is 5.32 Å². The highest BCUT2D eigenvalue weighted by molar-refractivity contribution is 7.91. The number of hydrogen-bond acceptors (Lipinski definition) is 6. The standard InChI is InChI=1S/C24H21N5O2S/c1-16-12-13-17(2)21(14-16)32(30,31)24-23-26-22(25-15-18-8-4-3-5-9-18)19-10-6-7-11-20(19)29(23)28-27-24/h3-14H,15H2,1-2H3,(H,25,26). The van der Waals surface area contributed by atoms with Crippen LogP contribution in [0, 0.1) is 13.8 Å². The van der Waals surface area contributed by atoms with Crippen LogP contribution in [0.1, 0.15) is 16.7 Å². The number of hydrogen-bond donors (Lipinski definition) is 1. The van der Waals surface area contributed by atoms with Gasteiger partial charge in [-0.3, -0.25) is 0 Å². The molecular formula is C24H21N5O2S. The number of aromatic nitrogens is 4. The summed E-state index contributed by atoms with van der Waals surface area (Å²) in [6, 6.07) is 22.9. The van der Waals surface area contributed by atoms with Gasteiger partial charge in [0.2, 0.25) is 14.9 Å². The van der Waals surface area contributed by atoms with Crippen LogP contribution in [0.2, 0.25) is 0 Å². The largest absolute Gasteiger partial charge is 0.365 e. The zero-order valence-electron chi connectivity index (χ0n) is 17.6. The molecule has 0 aliphatic carbocycles. The molecule has 0 saturated heterocycles. The lowest BCUT2D eigenvalue weighted by Gasteiger charge is -2.11. The fraction of sp³-hybridized carbons (Fsp3) is 0.125. The number of sulfone groups is 1. The first-order valence-electron chi connectivity index (χ1n) is 10.2. The average molecular weight is 444 g/mol.